The van der Waals surface area contributed by atoms with Crippen LogP contribution >= 0.6 is 0 Å². The largest absolute Gasteiger partial charge is 0.453 e. The summed E-state index contributed by atoms with van der Waals surface area (Å²) in [4.78, 5) is 13.6. The fraction of sp³-hybridized carbons (Fsp3) is 0.235. The minimum absolute atomic E-state index is 0.313. The van der Waals surface area contributed by atoms with Crippen molar-refractivity contribution in [3.05, 3.63) is 72.1 Å². The molecule has 1 amide bonds. The smallest absolute Gasteiger partial charge is 0.410 e. The molecule has 2 rings (SSSR count). The molecule has 1 aliphatic heterocycles. The third-order valence-corrected chi connectivity index (χ3v) is 3.66. The molecule has 4 heteroatoms. The van der Waals surface area contributed by atoms with Crippen molar-refractivity contribution >= 4 is 6.09 Å². The first-order valence-corrected chi connectivity index (χ1v) is 6.70. The van der Waals surface area contributed by atoms with E-state index in [1.807, 2.05) is 0 Å². The van der Waals surface area contributed by atoms with Crippen LogP contribution in [-0.2, 0) is 4.74 Å². The molecule has 0 saturated heterocycles. The Morgan fingerprint density at radius 3 is 2.52 bits per heavy atom. The van der Waals surface area contributed by atoms with Crippen LogP contribution in [0.15, 0.2) is 60.7 Å². The minimum Gasteiger partial charge on any atom is -0.453 e. The molecule has 0 unspecified atom stereocenters. The van der Waals surface area contributed by atoms with E-state index in [4.69, 9.17) is 4.74 Å². The molecular weight excluding hydrogens is 269 g/mol. The summed E-state index contributed by atoms with van der Waals surface area (Å²) in [6, 6.07) is 5.77. The average Bonchev–Trinajstić information content (AvgIpc) is 2.53. The lowest BCUT2D eigenvalue weighted by Crippen LogP contribution is -2.39. The number of benzene rings is 1. The topological polar surface area (TPSA) is 29.5 Å². The highest BCUT2D eigenvalue weighted by Crippen LogP contribution is 2.37. The highest BCUT2D eigenvalue weighted by molar-refractivity contribution is 5.70. The van der Waals surface area contributed by atoms with Crippen molar-refractivity contribution in [2.45, 2.75) is 12.5 Å². The molecule has 1 aromatic rings. The number of carbonyl (C=O) groups is 1. The van der Waals surface area contributed by atoms with Crippen LogP contribution in [0.3, 0.4) is 0 Å². The van der Waals surface area contributed by atoms with Gasteiger partial charge in [-0.2, -0.15) is 0 Å². The zero-order valence-electron chi connectivity index (χ0n) is 12.0. The van der Waals surface area contributed by atoms with Gasteiger partial charge in [0.05, 0.1) is 13.2 Å². The molecular formula is C17H18FNO2. The summed E-state index contributed by atoms with van der Waals surface area (Å²) in [6.45, 7) is 8.17. The van der Waals surface area contributed by atoms with Gasteiger partial charge in [-0.1, -0.05) is 37.4 Å². The van der Waals surface area contributed by atoms with Gasteiger partial charge in [0, 0.05) is 6.54 Å². The van der Waals surface area contributed by atoms with E-state index in [1.165, 1.54) is 19.2 Å². The molecule has 0 aromatic heterocycles. The molecule has 0 bridgehead atoms. The molecule has 0 aliphatic carbocycles. The van der Waals surface area contributed by atoms with Crippen LogP contribution in [0.1, 0.15) is 18.0 Å². The maximum absolute atomic E-state index is 13.1. The molecule has 0 spiro atoms. The Balaban J connectivity index is 2.54. The number of rotatable bonds is 3. The SMILES string of the molecule is C=CC1=C(C=C)[C@H](c2ccc(F)cc2)N(C(=O)OC)CC1. The Bertz CT molecular complexity index is 589. The number of amides is 1. The molecule has 0 saturated carbocycles. The first-order chi connectivity index (χ1) is 10.1. The van der Waals surface area contributed by atoms with Gasteiger partial charge < -0.3 is 4.74 Å². The first-order valence-electron chi connectivity index (χ1n) is 6.70. The van der Waals surface area contributed by atoms with Gasteiger partial charge >= 0.3 is 6.09 Å². The van der Waals surface area contributed by atoms with E-state index in [-0.39, 0.29) is 11.9 Å². The van der Waals surface area contributed by atoms with E-state index in [1.54, 1.807) is 29.2 Å². The first kappa shape index (κ1) is 15.0. The molecule has 1 aliphatic rings. The van der Waals surface area contributed by atoms with E-state index in [2.05, 4.69) is 13.2 Å². The van der Waals surface area contributed by atoms with Crippen LogP contribution < -0.4 is 0 Å². The van der Waals surface area contributed by atoms with Gasteiger partial charge in [-0.05, 0) is 35.3 Å². The highest BCUT2D eigenvalue weighted by Gasteiger charge is 2.32. The normalized spacial score (nSPS) is 18.4. The number of hydrogen-bond acceptors (Lipinski definition) is 2. The van der Waals surface area contributed by atoms with Gasteiger partial charge in [-0.25, -0.2) is 9.18 Å². The summed E-state index contributed by atoms with van der Waals surface area (Å²) in [6.07, 6.45) is 3.78. The zero-order chi connectivity index (χ0) is 15.4. The van der Waals surface area contributed by atoms with E-state index in [0.29, 0.717) is 13.0 Å². The van der Waals surface area contributed by atoms with Crippen molar-refractivity contribution in [2.75, 3.05) is 13.7 Å². The van der Waals surface area contributed by atoms with Gasteiger partial charge in [0.15, 0.2) is 0 Å². The minimum atomic E-state index is -0.410. The van der Waals surface area contributed by atoms with E-state index < -0.39 is 6.09 Å². The number of ether oxygens (including phenoxy) is 1. The second-order valence-electron chi connectivity index (χ2n) is 4.76. The van der Waals surface area contributed by atoms with Crippen LogP contribution in [0, 0.1) is 5.82 Å². The number of carbonyl (C=O) groups excluding carboxylic acids is 1. The Morgan fingerprint density at radius 1 is 1.33 bits per heavy atom. The van der Waals surface area contributed by atoms with Crippen molar-refractivity contribution in [1.29, 1.82) is 0 Å². The third-order valence-electron chi connectivity index (χ3n) is 3.66. The second kappa shape index (κ2) is 6.39. The number of halogens is 1. The molecule has 0 radical (unpaired) electrons. The monoisotopic (exact) mass is 287 g/mol. The third kappa shape index (κ3) is 2.89. The van der Waals surface area contributed by atoms with Crippen molar-refractivity contribution in [3.63, 3.8) is 0 Å². The summed E-state index contributed by atoms with van der Waals surface area (Å²) in [5, 5.41) is 0. The number of allylic oxidation sites excluding steroid dienone is 1. The molecule has 110 valence electrons. The van der Waals surface area contributed by atoms with Crippen LogP contribution in [-0.4, -0.2) is 24.6 Å². The van der Waals surface area contributed by atoms with E-state index in [9.17, 15) is 9.18 Å². The molecule has 21 heavy (non-hydrogen) atoms. The summed E-state index contributed by atoms with van der Waals surface area (Å²) >= 11 is 0. The number of nitrogens with zero attached hydrogens (tertiary/aromatic N) is 1. The molecule has 0 fully saturated rings. The van der Waals surface area contributed by atoms with Crippen molar-refractivity contribution in [1.82, 2.24) is 4.90 Å². The fourth-order valence-corrected chi connectivity index (χ4v) is 2.64. The quantitative estimate of drug-likeness (QED) is 0.840. The Morgan fingerprint density at radius 2 is 2.00 bits per heavy atom. The van der Waals surface area contributed by atoms with Gasteiger partial charge in [0.1, 0.15) is 5.82 Å². The van der Waals surface area contributed by atoms with E-state index >= 15 is 0 Å². The summed E-state index contributed by atoms with van der Waals surface area (Å²) in [5.41, 5.74) is 2.75. The van der Waals surface area contributed by atoms with Crippen LogP contribution in [0.5, 0.6) is 0 Å². The lowest BCUT2D eigenvalue weighted by molar-refractivity contribution is 0.109. The maximum Gasteiger partial charge on any atom is 0.410 e. The Labute approximate surface area is 124 Å². The Kier molecular flexibility index (Phi) is 4.58. The van der Waals surface area contributed by atoms with Gasteiger partial charge in [-0.3, -0.25) is 4.90 Å². The van der Waals surface area contributed by atoms with E-state index in [0.717, 1.165) is 16.7 Å². The number of hydrogen-bond donors (Lipinski definition) is 0. The molecule has 0 N–H and O–H groups in total. The van der Waals surface area contributed by atoms with Gasteiger partial charge in [-0.15, -0.1) is 0 Å². The van der Waals surface area contributed by atoms with Gasteiger partial charge in [0.25, 0.3) is 0 Å². The number of methoxy groups -OCH3 is 1. The fourth-order valence-electron chi connectivity index (χ4n) is 2.64. The molecule has 1 heterocycles. The molecule has 3 nitrogen and oxygen atoms in total. The lowest BCUT2D eigenvalue weighted by atomic mass is 9.88. The average molecular weight is 287 g/mol. The van der Waals surface area contributed by atoms with Gasteiger partial charge in [0.2, 0.25) is 0 Å². The molecule has 1 aromatic carbocycles. The predicted molar refractivity (Wildman–Crippen MR) is 80.3 cm³/mol. The Hall–Kier alpha value is -2.36. The maximum atomic E-state index is 13.1. The van der Waals surface area contributed by atoms with Crippen LogP contribution in [0.2, 0.25) is 0 Å². The summed E-state index contributed by atoms with van der Waals surface area (Å²) < 4.78 is 18.0. The van der Waals surface area contributed by atoms with Crippen molar-refractivity contribution in [2.24, 2.45) is 0 Å². The second-order valence-corrected chi connectivity index (χ2v) is 4.76. The lowest BCUT2D eigenvalue weighted by Gasteiger charge is -2.36. The van der Waals surface area contributed by atoms with Crippen LogP contribution in [0.25, 0.3) is 0 Å². The zero-order valence-corrected chi connectivity index (χ0v) is 12.0. The summed E-state index contributed by atoms with van der Waals surface area (Å²) in [5.74, 6) is -0.313. The predicted octanol–water partition coefficient (Wildman–Crippen LogP) is 4.01. The molecule has 1 atom stereocenters. The van der Waals surface area contributed by atoms with Crippen molar-refractivity contribution < 1.29 is 13.9 Å². The summed E-state index contributed by atoms with van der Waals surface area (Å²) in [7, 11) is 1.35. The van der Waals surface area contributed by atoms with Crippen molar-refractivity contribution in [3.8, 4) is 0 Å². The highest BCUT2D eigenvalue weighted by atomic mass is 19.1. The standard InChI is InChI=1S/C17H18FNO2/c1-4-12-10-11-19(17(20)21-3)16(15(12)5-2)13-6-8-14(18)9-7-13/h4-9,16H,1-2,10-11H2,3H3/t16-/m0/s1. The van der Waals surface area contributed by atoms with Crippen LogP contribution in [0.4, 0.5) is 9.18 Å².